The van der Waals surface area contributed by atoms with Crippen LogP contribution >= 0.6 is 23.2 Å². The SMILES string of the molecule is CCS(=O)(=O)Nc1cc(C)cc(COc2c(Cl)cc(CCC(=O)O)cc2Cl)c1F. The number of aliphatic carboxylic acids is 1. The summed E-state index contributed by atoms with van der Waals surface area (Å²) in [6.07, 6.45) is 0.181. The van der Waals surface area contributed by atoms with Crippen LogP contribution in [0.2, 0.25) is 10.0 Å². The van der Waals surface area contributed by atoms with Gasteiger partial charge in [-0.05, 0) is 55.7 Å². The number of hydrogen-bond donors (Lipinski definition) is 2. The molecule has 0 saturated heterocycles. The standard InChI is InChI=1S/C19H20Cl2FNO5S/c1-3-29(26,27)23-16-7-11(2)6-13(18(16)22)10-28-19-14(20)8-12(9-15(19)21)4-5-17(24)25/h6-9,23H,3-5,10H2,1-2H3,(H,24,25). The molecule has 0 atom stereocenters. The van der Waals surface area contributed by atoms with Gasteiger partial charge in [-0.25, -0.2) is 12.8 Å². The summed E-state index contributed by atoms with van der Waals surface area (Å²) in [4.78, 5) is 10.7. The van der Waals surface area contributed by atoms with Crippen molar-refractivity contribution < 1.29 is 27.4 Å². The molecule has 0 unspecified atom stereocenters. The second-order valence-electron chi connectivity index (χ2n) is 6.36. The monoisotopic (exact) mass is 463 g/mol. The van der Waals surface area contributed by atoms with Crippen LogP contribution in [0.25, 0.3) is 0 Å². The fraction of sp³-hybridized carbons (Fsp3) is 0.316. The smallest absolute Gasteiger partial charge is 0.303 e. The van der Waals surface area contributed by atoms with Gasteiger partial charge in [0, 0.05) is 12.0 Å². The molecule has 0 aliphatic rings. The quantitative estimate of drug-likeness (QED) is 0.556. The Hall–Kier alpha value is -2.03. The van der Waals surface area contributed by atoms with Gasteiger partial charge >= 0.3 is 5.97 Å². The van der Waals surface area contributed by atoms with Gasteiger partial charge in [0.2, 0.25) is 10.0 Å². The first kappa shape index (κ1) is 23.3. The first-order valence-electron chi connectivity index (χ1n) is 8.64. The van der Waals surface area contributed by atoms with Crippen molar-refractivity contribution in [1.29, 1.82) is 0 Å². The summed E-state index contributed by atoms with van der Waals surface area (Å²) < 4.78 is 46.0. The minimum Gasteiger partial charge on any atom is -0.486 e. The van der Waals surface area contributed by atoms with E-state index < -0.39 is 21.8 Å². The summed E-state index contributed by atoms with van der Waals surface area (Å²) in [5.74, 6) is -1.75. The highest BCUT2D eigenvalue weighted by atomic mass is 35.5. The number of carboxylic acids is 1. The molecule has 0 amide bonds. The second-order valence-corrected chi connectivity index (χ2v) is 9.19. The summed E-state index contributed by atoms with van der Waals surface area (Å²) in [6.45, 7) is 2.91. The first-order valence-corrected chi connectivity index (χ1v) is 11.0. The zero-order valence-electron chi connectivity index (χ0n) is 15.8. The Morgan fingerprint density at radius 3 is 2.38 bits per heavy atom. The number of nitrogens with one attached hydrogen (secondary N) is 1. The van der Waals surface area contributed by atoms with E-state index in [4.69, 9.17) is 33.0 Å². The number of carbonyl (C=O) groups is 1. The summed E-state index contributed by atoms with van der Waals surface area (Å²) >= 11 is 12.4. The van der Waals surface area contributed by atoms with Crippen molar-refractivity contribution >= 4 is 44.9 Å². The molecule has 0 aliphatic carbocycles. The molecule has 0 aliphatic heterocycles. The lowest BCUT2D eigenvalue weighted by Gasteiger charge is -2.15. The van der Waals surface area contributed by atoms with Crippen molar-refractivity contribution in [3.05, 3.63) is 56.8 Å². The highest BCUT2D eigenvalue weighted by Crippen LogP contribution is 2.35. The maximum Gasteiger partial charge on any atom is 0.303 e. The summed E-state index contributed by atoms with van der Waals surface area (Å²) in [5, 5.41) is 9.10. The van der Waals surface area contributed by atoms with Crippen LogP contribution in [0.5, 0.6) is 5.75 Å². The minimum absolute atomic E-state index is 0.0716. The van der Waals surface area contributed by atoms with E-state index in [2.05, 4.69) is 4.72 Å². The molecule has 0 saturated carbocycles. The molecule has 2 aromatic carbocycles. The number of benzene rings is 2. The molecule has 0 aromatic heterocycles. The number of hydrogen-bond acceptors (Lipinski definition) is 4. The van der Waals surface area contributed by atoms with Gasteiger partial charge in [-0.15, -0.1) is 0 Å². The molecular formula is C19H20Cl2FNO5S. The molecule has 2 N–H and O–H groups in total. The Balaban J connectivity index is 2.23. The lowest BCUT2D eigenvalue weighted by molar-refractivity contribution is -0.136. The largest absolute Gasteiger partial charge is 0.486 e. The third-order valence-corrected chi connectivity index (χ3v) is 5.85. The molecule has 158 valence electrons. The van der Waals surface area contributed by atoms with Crippen LogP contribution in [0.3, 0.4) is 0 Å². The summed E-state index contributed by atoms with van der Waals surface area (Å²) in [5.41, 5.74) is 1.24. The van der Waals surface area contributed by atoms with E-state index in [1.165, 1.54) is 19.1 Å². The third-order valence-electron chi connectivity index (χ3n) is 4.00. The van der Waals surface area contributed by atoms with Crippen LogP contribution in [0, 0.1) is 12.7 Å². The average Bonchev–Trinajstić information content (AvgIpc) is 2.62. The average molecular weight is 464 g/mol. The number of anilines is 1. The number of ether oxygens (including phenoxy) is 1. The molecule has 0 spiro atoms. The van der Waals surface area contributed by atoms with Crippen LogP contribution in [0.4, 0.5) is 10.1 Å². The maximum absolute atomic E-state index is 14.7. The Morgan fingerprint density at radius 1 is 1.21 bits per heavy atom. The van der Waals surface area contributed by atoms with Crippen LogP contribution in [-0.4, -0.2) is 25.2 Å². The predicted octanol–water partition coefficient (Wildman–Crippen LogP) is 4.80. The van der Waals surface area contributed by atoms with Crippen molar-refractivity contribution in [3.8, 4) is 5.75 Å². The van der Waals surface area contributed by atoms with E-state index in [0.29, 0.717) is 11.1 Å². The van der Waals surface area contributed by atoms with E-state index in [1.54, 1.807) is 19.1 Å². The Bertz CT molecular complexity index is 1000. The van der Waals surface area contributed by atoms with Gasteiger partial charge in [0.05, 0.1) is 21.5 Å². The van der Waals surface area contributed by atoms with Crippen molar-refractivity contribution in [2.24, 2.45) is 0 Å². The van der Waals surface area contributed by atoms with Gasteiger partial charge in [-0.3, -0.25) is 9.52 Å². The molecule has 0 fully saturated rings. The molecular weight excluding hydrogens is 444 g/mol. The molecule has 6 nitrogen and oxygen atoms in total. The number of carboxylic acid groups (broad SMARTS) is 1. The fourth-order valence-corrected chi connectivity index (χ4v) is 3.83. The number of rotatable bonds is 9. The zero-order valence-corrected chi connectivity index (χ0v) is 18.1. The van der Waals surface area contributed by atoms with Gasteiger partial charge in [0.15, 0.2) is 11.6 Å². The van der Waals surface area contributed by atoms with Crippen LogP contribution in [0.15, 0.2) is 24.3 Å². The van der Waals surface area contributed by atoms with Crippen molar-refractivity contribution in [1.82, 2.24) is 0 Å². The van der Waals surface area contributed by atoms with Crippen molar-refractivity contribution in [3.63, 3.8) is 0 Å². The second kappa shape index (κ2) is 9.65. The maximum atomic E-state index is 14.7. The van der Waals surface area contributed by atoms with Crippen molar-refractivity contribution in [2.45, 2.75) is 33.3 Å². The van der Waals surface area contributed by atoms with Crippen LogP contribution in [0.1, 0.15) is 30.0 Å². The van der Waals surface area contributed by atoms with E-state index in [0.717, 1.165) is 0 Å². The number of aryl methyl sites for hydroxylation is 2. The molecule has 0 radical (unpaired) electrons. The molecule has 10 heteroatoms. The van der Waals surface area contributed by atoms with E-state index in [-0.39, 0.29) is 52.2 Å². The molecule has 0 heterocycles. The highest BCUT2D eigenvalue weighted by molar-refractivity contribution is 7.92. The summed E-state index contributed by atoms with van der Waals surface area (Å²) in [6, 6.07) is 6.00. The Kier molecular flexibility index (Phi) is 7.73. The predicted molar refractivity (Wildman–Crippen MR) is 111 cm³/mol. The first-order chi connectivity index (χ1) is 13.5. The normalized spacial score (nSPS) is 11.3. The van der Waals surface area contributed by atoms with Gasteiger partial charge in [0.25, 0.3) is 0 Å². The molecule has 2 rings (SSSR count). The van der Waals surface area contributed by atoms with Gasteiger partial charge in [0.1, 0.15) is 6.61 Å². The van der Waals surface area contributed by atoms with Gasteiger partial charge < -0.3 is 9.84 Å². The lowest BCUT2D eigenvalue weighted by atomic mass is 10.1. The van der Waals surface area contributed by atoms with E-state index in [9.17, 15) is 17.6 Å². The Morgan fingerprint density at radius 2 is 1.83 bits per heavy atom. The third kappa shape index (κ3) is 6.48. The van der Waals surface area contributed by atoms with Gasteiger partial charge in [-0.2, -0.15) is 0 Å². The van der Waals surface area contributed by atoms with E-state index >= 15 is 0 Å². The summed E-state index contributed by atoms with van der Waals surface area (Å²) in [7, 11) is -3.64. The number of sulfonamides is 1. The zero-order chi connectivity index (χ0) is 21.8. The van der Waals surface area contributed by atoms with Crippen LogP contribution in [-0.2, 0) is 27.8 Å². The fourth-order valence-electron chi connectivity index (χ4n) is 2.56. The van der Waals surface area contributed by atoms with E-state index in [1.807, 2.05) is 0 Å². The van der Waals surface area contributed by atoms with Crippen LogP contribution < -0.4 is 9.46 Å². The lowest BCUT2D eigenvalue weighted by Crippen LogP contribution is -2.16. The highest BCUT2D eigenvalue weighted by Gasteiger charge is 2.17. The molecule has 2 aromatic rings. The number of halogens is 3. The molecule has 29 heavy (non-hydrogen) atoms. The molecule has 0 bridgehead atoms. The van der Waals surface area contributed by atoms with Crippen molar-refractivity contribution in [2.75, 3.05) is 10.5 Å². The minimum atomic E-state index is -3.64. The Labute approximate surface area is 178 Å². The van der Waals surface area contributed by atoms with Gasteiger partial charge in [-0.1, -0.05) is 23.2 Å². The topological polar surface area (TPSA) is 92.7 Å².